The number of carbonyl (C=O) groups is 1. The third-order valence-corrected chi connectivity index (χ3v) is 5.11. The van der Waals surface area contributed by atoms with Gasteiger partial charge in [-0.05, 0) is 37.0 Å². The molecule has 1 amide bonds. The van der Waals surface area contributed by atoms with Gasteiger partial charge in [-0.1, -0.05) is 0 Å². The average Bonchev–Trinajstić information content (AvgIpc) is 3.30. The van der Waals surface area contributed by atoms with Gasteiger partial charge in [0.2, 0.25) is 0 Å². The van der Waals surface area contributed by atoms with E-state index in [0.717, 1.165) is 22.5 Å². The van der Waals surface area contributed by atoms with Gasteiger partial charge in [0, 0.05) is 31.5 Å². The van der Waals surface area contributed by atoms with Crippen LogP contribution in [0.15, 0.2) is 30.6 Å². The van der Waals surface area contributed by atoms with Crippen molar-refractivity contribution in [1.29, 1.82) is 0 Å². The fourth-order valence-corrected chi connectivity index (χ4v) is 3.55. The van der Waals surface area contributed by atoms with Gasteiger partial charge in [0.1, 0.15) is 11.4 Å². The number of carbonyl (C=O) groups excluding carboxylic acids is 1. The molecule has 0 aromatic carbocycles. The molecule has 0 aliphatic heterocycles. The number of nitrogens with zero attached hydrogens (tertiary/aromatic N) is 5. The van der Waals surface area contributed by atoms with Crippen molar-refractivity contribution in [3.63, 3.8) is 0 Å². The number of nitrogens with one attached hydrogen (secondary N) is 1. The first-order chi connectivity index (χ1) is 14.9. The van der Waals surface area contributed by atoms with Crippen LogP contribution in [0.25, 0.3) is 5.69 Å². The van der Waals surface area contributed by atoms with Gasteiger partial charge in [-0.2, -0.15) is 36.5 Å². The molecule has 1 aliphatic rings. The summed E-state index contributed by atoms with van der Waals surface area (Å²) >= 11 is 0. The lowest BCUT2D eigenvalue weighted by molar-refractivity contribution is -0.142. The molecule has 3 aromatic rings. The lowest BCUT2D eigenvalue weighted by Crippen LogP contribution is -2.39. The molecule has 3 heterocycles. The largest absolute Gasteiger partial charge is 0.435 e. The standard InChI is InChI=1S/C19H16F6N6O/c1-30-14(8-16(29-30)19(23,24)25)17(32)27-11-2-3-13-10(6-11)9-31(28-13)12-4-5-26-15(7-12)18(20,21)22/h4-5,7-9,11H,2-3,6H2,1H3,(H,27,32)/t11-/m0/s1. The molecule has 7 nitrogen and oxygen atoms in total. The highest BCUT2D eigenvalue weighted by Crippen LogP contribution is 2.30. The van der Waals surface area contributed by atoms with E-state index in [4.69, 9.17) is 0 Å². The molecule has 170 valence electrons. The van der Waals surface area contributed by atoms with E-state index >= 15 is 0 Å². The third-order valence-electron chi connectivity index (χ3n) is 5.11. The Bertz CT molecular complexity index is 1160. The van der Waals surface area contributed by atoms with E-state index in [1.165, 1.54) is 17.8 Å². The first kappa shape index (κ1) is 21.8. The molecule has 0 bridgehead atoms. The summed E-state index contributed by atoms with van der Waals surface area (Å²) in [7, 11) is 1.25. The maximum Gasteiger partial charge on any atom is 0.435 e. The first-order valence-corrected chi connectivity index (χ1v) is 9.45. The Morgan fingerprint density at radius 1 is 1.09 bits per heavy atom. The average molecular weight is 458 g/mol. The molecule has 3 aromatic heterocycles. The van der Waals surface area contributed by atoms with Crippen LogP contribution in [-0.4, -0.2) is 36.5 Å². The number of aryl methyl sites for hydroxylation is 2. The number of hydrogen-bond acceptors (Lipinski definition) is 4. The van der Waals surface area contributed by atoms with Gasteiger partial charge >= 0.3 is 12.4 Å². The number of pyridine rings is 1. The normalized spacial score (nSPS) is 16.7. The van der Waals surface area contributed by atoms with E-state index in [1.54, 1.807) is 6.20 Å². The molecule has 0 unspecified atom stereocenters. The van der Waals surface area contributed by atoms with Crippen molar-refractivity contribution in [1.82, 2.24) is 29.9 Å². The molecule has 1 N–H and O–H groups in total. The molecule has 0 radical (unpaired) electrons. The summed E-state index contributed by atoms with van der Waals surface area (Å²) in [6.07, 6.45) is -5.37. The van der Waals surface area contributed by atoms with E-state index in [9.17, 15) is 31.1 Å². The Morgan fingerprint density at radius 2 is 1.81 bits per heavy atom. The Hall–Kier alpha value is -3.38. The maximum atomic E-state index is 12.9. The van der Waals surface area contributed by atoms with Crippen LogP contribution in [0.2, 0.25) is 0 Å². The van der Waals surface area contributed by atoms with E-state index < -0.39 is 29.6 Å². The molecular formula is C19H16F6N6O. The van der Waals surface area contributed by atoms with E-state index in [0.29, 0.717) is 31.0 Å². The van der Waals surface area contributed by atoms with Gasteiger partial charge in [-0.3, -0.25) is 14.5 Å². The summed E-state index contributed by atoms with van der Waals surface area (Å²) < 4.78 is 79.4. The van der Waals surface area contributed by atoms with Crippen LogP contribution < -0.4 is 5.32 Å². The Kier molecular flexibility index (Phi) is 5.21. The second-order valence-corrected chi connectivity index (χ2v) is 7.39. The molecular weight excluding hydrogens is 442 g/mol. The minimum absolute atomic E-state index is 0.192. The summed E-state index contributed by atoms with van der Waals surface area (Å²) in [6.45, 7) is 0. The van der Waals surface area contributed by atoms with Crippen LogP contribution in [0.4, 0.5) is 26.3 Å². The van der Waals surface area contributed by atoms with Crippen LogP contribution >= 0.6 is 0 Å². The van der Waals surface area contributed by atoms with Gasteiger partial charge in [-0.15, -0.1) is 0 Å². The number of fused-ring (bicyclic) bond motifs is 1. The van der Waals surface area contributed by atoms with Crippen LogP contribution in [0.3, 0.4) is 0 Å². The minimum Gasteiger partial charge on any atom is -0.348 e. The summed E-state index contributed by atoms with van der Waals surface area (Å²) in [6, 6.07) is 2.59. The first-order valence-electron chi connectivity index (χ1n) is 9.45. The predicted octanol–water partition coefficient (Wildman–Crippen LogP) is 3.33. The molecule has 4 rings (SSSR count). The molecule has 0 spiro atoms. The van der Waals surface area contributed by atoms with Crippen molar-refractivity contribution < 1.29 is 31.1 Å². The Morgan fingerprint density at radius 3 is 2.47 bits per heavy atom. The summed E-state index contributed by atoms with van der Waals surface area (Å²) in [5, 5.41) is 10.4. The number of halogens is 6. The van der Waals surface area contributed by atoms with Crippen LogP contribution in [0.1, 0.15) is 39.6 Å². The zero-order valence-corrected chi connectivity index (χ0v) is 16.5. The quantitative estimate of drug-likeness (QED) is 0.611. The fraction of sp³-hybridized carbons (Fsp3) is 0.368. The number of alkyl halides is 6. The minimum atomic E-state index is -4.66. The zero-order chi connectivity index (χ0) is 23.3. The summed E-state index contributed by atoms with van der Waals surface area (Å²) in [4.78, 5) is 15.8. The highest BCUT2D eigenvalue weighted by molar-refractivity contribution is 5.92. The van der Waals surface area contributed by atoms with Crippen molar-refractivity contribution >= 4 is 5.91 Å². The van der Waals surface area contributed by atoms with Gasteiger partial charge in [0.25, 0.3) is 5.91 Å². The van der Waals surface area contributed by atoms with Crippen molar-refractivity contribution in [2.75, 3.05) is 0 Å². The van der Waals surface area contributed by atoms with E-state index in [1.807, 2.05) is 0 Å². The second kappa shape index (κ2) is 7.64. The summed E-state index contributed by atoms with van der Waals surface area (Å²) in [5.74, 6) is -0.694. The van der Waals surface area contributed by atoms with Crippen molar-refractivity contribution in [3.8, 4) is 5.69 Å². The highest BCUT2D eigenvalue weighted by Gasteiger charge is 2.36. The van der Waals surface area contributed by atoms with Gasteiger partial charge in [-0.25, -0.2) is 4.68 Å². The number of aromatic nitrogens is 5. The SMILES string of the molecule is Cn1nc(C(F)(F)F)cc1C(=O)N[C@H]1CCc2nn(-c3ccnc(C(F)(F)F)c3)cc2C1. The molecule has 32 heavy (non-hydrogen) atoms. The third kappa shape index (κ3) is 4.32. The van der Waals surface area contributed by atoms with Crippen LogP contribution in [0.5, 0.6) is 0 Å². The zero-order valence-electron chi connectivity index (χ0n) is 16.5. The monoisotopic (exact) mass is 458 g/mol. The smallest absolute Gasteiger partial charge is 0.348 e. The van der Waals surface area contributed by atoms with E-state index in [-0.39, 0.29) is 17.4 Å². The lowest BCUT2D eigenvalue weighted by atomic mass is 9.93. The van der Waals surface area contributed by atoms with Crippen molar-refractivity contribution in [2.24, 2.45) is 7.05 Å². The van der Waals surface area contributed by atoms with Crippen molar-refractivity contribution in [2.45, 2.75) is 37.7 Å². The summed E-state index contributed by atoms with van der Waals surface area (Å²) in [5.41, 5.74) is -0.822. The number of hydrogen-bond donors (Lipinski definition) is 1. The topological polar surface area (TPSA) is 77.6 Å². The van der Waals surface area contributed by atoms with Gasteiger partial charge < -0.3 is 5.32 Å². The van der Waals surface area contributed by atoms with Gasteiger partial charge in [0.05, 0.1) is 11.4 Å². The molecule has 0 fully saturated rings. The molecule has 13 heteroatoms. The Labute approximate surface area is 177 Å². The van der Waals surface area contributed by atoms with Gasteiger partial charge in [0.15, 0.2) is 5.69 Å². The lowest BCUT2D eigenvalue weighted by Gasteiger charge is -2.22. The van der Waals surface area contributed by atoms with E-state index in [2.05, 4.69) is 20.5 Å². The maximum absolute atomic E-state index is 12.9. The Balaban J connectivity index is 1.49. The molecule has 0 saturated heterocycles. The highest BCUT2D eigenvalue weighted by atomic mass is 19.4. The molecule has 1 atom stereocenters. The second-order valence-electron chi connectivity index (χ2n) is 7.39. The predicted molar refractivity (Wildman–Crippen MR) is 97.9 cm³/mol. The van der Waals surface area contributed by atoms with Crippen molar-refractivity contribution in [3.05, 3.63) is 58.9 Å². The molecule has 1 aliphatic carbocycles. The van der Waals surface area contributed by atoms with Crippen LogP contribution in [0, 0.1) is 0 Å². The number of amides is 1. The fourth-order valence-electron chi connectivity index (χ4n) is 3.55. The van der Waals surface area contributed by atoms with Crippen LogP contribution in [-0.2, 0) is 32.2 Å². The molecule has 0 saturated carbocycles. The number of rotatable bonds is 3.